The normalized spacial score (nSPS) is 11.2. The van der Waals surface area contributed by atoms with Gasteiger partial charge < -0.3 is 0 Å². The van der Waals surface area contributed by atoms with Gasteiger partial charge in [0.25, 0.3) is 0 Å². The van der Waals surface area contributed by atoms with E-state index in [9.17, 15) is 4.79 Å². The van der Waals surface area contributed by atoms with E-state index in [4.69, 9.17) is 0 Å². The number of Topliss-reactive ketones (excluding diaryl/α,β-unsaturated/α-hetero) is 1. The van der Waals surface area contributed by atoms with Crippen LogP contribution in [0.2, 0.25) is 0 Å². The van der Waals surface area contributed by atoms with E-state index in [0.29, 0.717) is 6.42 Å². The van der Waals surface area contributed by atoms with Gasteiger partial charge in [0.2, 0.25) is 0 Å². The Morgan fingerprint density at radius 3 is 1.90 bits per heavy atom. The van der Waals surface area contributed by atoms with E-state index in [1.54, 1.807) is 0 Å². The Bertz CT molecular complexity index is 149. The predicted octanol–water partition coefficient (Wildman–Crippen LogP) is 2.57. The first-order valence-electron chi connectivity index (χ1n) is 3.62. The van der Waals surface area contributed by atoms with Gasteiger partial charge in [-0.25, -0.2) is 0 Å². The van der Waals surface area contributed by atoms with Crippen LogP contribution in [0.15, 0.2) is 12.2 Å². The molecule has 0 aromatic heterocycles. The van der Waals surface area contributed by atoms with Gasteiger partial charge in [-0.2, -0.15) is 0 Å². The third-order valence-corrected chi connectivity index (χ3v) is 1.56. The Hall–Kier alpha value is -0.590. The second-order valence-corrected chi connectivity index (χ2v) is 3.51. The fourth-order valence-corrected chi connectivity index (χ4v) is 0.632. The standard InChI is InChI=1S/C9H16O/c1-6-8(10)7(2)9(3,4)5/h2,6H2,1,3-5H3. The van der Waals surface area contributed by atoms with Crippen molar-refractivity contribution in [3.05, 3.63) is 12.2 Å². The number of carbonyl (C=O) groups excluding carboxylic acids is 1. The Morgan fingerprint density at radius 1 is 1.40 bits per heavy atom. The van der Waals surface area contributed by atoms with E-state index in [1.807, 2.05) is 27.7 Å². The average Bonchev–Trinajstić information content (AvgIpc) is 1.83. The molecule has 0 aromatic carbocycles. The smallest absolute Gasteiger partial charge is 0.158 e. The highest BCUT2D eigenvalue weighted by atomic mass is 16.1. The molecule has 0 rings (SSSR count). The first kappa shape index (κ1) is 9.41. The number of hydrogen-bond acceptors (Lipinski definition) is 1. The molecule has 0 radical (unpaired) electrons. The molecular weight excluding hydrogens is 124 g/mol. The van der Waals surface area contributed by atoms with Crippen molar-refractivity contribution in [1.82, 2.24) is 0 Å². The average molecular weight is 140 g/mol. The van der Waals surface area contributed by atoms with E-state index < -0.39 is 0 Å². The predicted molar refractivity (Wildman–Crippen MR) is 43.9 cm³/mol. The van der Waals surface area contributed by atoms with Crippen LogP contribution in [0.25, 0.3) is 0 Å². The second-order valence-electron chi connectivity index (χ2n) is 3.51. The van der Waals surface area contributed by atoms with Crippen molar-refractivity contribution in [2.24, 2.45) is 5.41 Å². The topological polar surface area (TPSA) is 17.1 Å². The van der Waals surface area contributed by atoms with Gasteiger partial charge in [0.1, 0.15) is 0 Å². The highest BCUT2D eigenvalue weighted by molar-refractivity contribution is 5.95. The molecule has 1 nitrogen and oxygen atoms in total. The molecule has 0 amide bonds. The molecule has 1 heteroatoms. The Kier molecular flexibility index (Phi) is 2.82. The van der Waals surface area contributed by atoms with Crippen LogP contribution in [0.5, 0.6) is 0 Å². The molecule has 0 atom stereocenters. The molecule has 0 spiro atoms. The summed E-state index contributed by atoms with van der Waals surface area (Å²) < 4.78 is 0. The van der Waals surface area contributed by atoms with Gasteiger partial charge in [-0.05, 0) is 11.0 Å². The molecule has 0 N–H and O–H groups in total. The third-order valence-electron chi connectivity index (χ3n) is 1.56. The van der Waals surface area contributed by atoms with Gasteiger partial charge in [0.05, 0.1) is 0 Å². The first-order chi connectivity index (χ1) is 4.39. The van der Waals surface area contributed by atoms with Gasteiger partial charge in [0.15, 0.2) is 5.78 Å². The number of carbonyl (C=O) groups is 1. The summed E-state index contributed by atoms with van der Waals surface area (Å²) in [6.07, 6.45) is 0.566. The Labute approximate surface area is 63.1 Å². The number of ketones is 1. The van der Waals surface area contributed by atoms with Crippen molar-refractivity contribution in [3.63, 3.8) is 0 Å². The van der Waals surface area contributed by atoms with Crippen LogP contribution in [0.1, 0.15) is 34.1 Å². The summed E-state index contributed by atoms with van der Waals surface area (Å²) >= 11 is 0. The maximum absolute atomic E-state index is 11.1. The minimum atomic E-state index is -0.0624. The monoisotopic (exact) mass is 140 g/mol. The summed E-state index contributed by atoms with van der Waals surface area (Å²) in [5.41, 5.74) is 0.669. The van der Waals surface area contributed by atoms with E-state index >= 15 is 0 Å². The van der Waals surface area contributed by atoms with Crippen molar-refractivity contribution in [2.45, 2.75) is 34.1 Å². The van der Waals surface area contributed by atoms with Gasteiger partial charge in [-0.3, -0.25) is 4.79 Å². The van der Waals surface area contributed by atoms with Crippen LogP contribution >= 0.6 is 0 Å². The van der Waals surface area contributed by atoms with Crippen molar-refractivity contribution >= 4 is 5.78 Å². The number of hydrogen-bond donors (Lipinski definition) is 0. The molecule has 0 aliphatic carbocycles. The molecular formula is C9H16O. The zero-order valence-corrected chi connectivity index (χ0v) is 7.32. The van der Waals surface area contributed by atoms with Gasteiger partial charge >= 0.3 is 0 Å². The van der Waals surface area contributed by atoms with E-state index in [2.05, 4.69) is 6.58 Å². The quantitative estimate of drug-likeness (QED) is 0.539. The highest BCUT2D eigenvalue weighted by Crippen LogP contribution is 2.24. The molecule has 0 saturated heterocycles. The molecule has 0 unspecified atom stereocenters. The van der Waals surface area contributed by atoms with Crippen LogP contribution < -0.4 is 0 Å². The van der Waals surface area contributed by atoms with Crippen molar-refractivity contribution in [2.75, 3.05) is 0 Å². The molecule has 0 aromatic rings. The van der Waals surface area contributed by atoms with Crippen LogP contribution in [-0.2, 0) is 4.79 Å². The molecule has 0 aliphatic heterocycles. The van der Waals surface area contributed by atoms with Crippen LogP contribution in [0, 0.1) is 5.41 Å². The van der Waals surface area contributed by atoms with E-state index in [0.717, 1.165) is 5.57 Å². The molecule has 0 heterocycles. The lowest BCUT2D eigenvalue weighted by molar-refractivity contribution is -0.116. The fourth-order valence-electron chi connectivity index (χ4n) is 0.632. The molecule has 0 saturated carbocycles. The molecule has 10 heavy (non-hydrogen) atoms. The SMILES string of the molecule is C=C(C(=O)CC)C(C)(C)C. The zero-order valence-electron chi connectivity index (χ0n) is 7.32. The first-order valence-corrected chi connectivity index (χ1v) is 3.62. The summed E-state index contributed by atoms with van der Waals surface area (Å²) in [7, 11) is 0. The second kappa shape index (κ2) is 3.00. The molecule has 58 valence electrons. The largest absolute Gasteiger partial charge is 0.295 e. The maximum atomic E-state index is 11.1. The molecule has 0 bridgehead atoms. The lowest BCUT2D eigenvalue weighted by atomic mass is 9.84. The zero-order chi connectivity index (χ0) is 8.36. The summed E-state index contributed by atoms with van der Waals surface area (Å²) in [6, 6.07) is 0. The summed E-state index contributed by atoms with van der Waals surface area (Å²) in [5, 5.41) is 0. The van der Waals surface area contributed by atoms with Gasteiger partial charge in [0, 0.05) is 6.42 Å². The lowest BCUT2D eigenvalue weighted by Gasteiger charge is -2.19. The van der Waals surface area contributed by atoms with Gasteiger partial charge in [-0.1, -0.05) is 34.3 Å². The highest BCUT2D eigenvalue weighted by Gasteiger charge is 2.19. The van der Waals surface area contributed by atoms with Crippen molar-refractivity contribution < 1.29 is 4.79 Å². The number of allylic oxidation sites excluding steroid dienone is 1. The molecule has 0 fully saturated rings. The van der Waals surface area contributed by atoms with Crippen LogP contribution in [0.3, 0.4) is 0 Å². The van der Waals surface area contributed by atoms with Crippen molar-refractivity contribution in [3.8, 4) is 0 Å². The number of rotatable bonds is 2. The Morgan fingerprint density at radius 2 is 1.80 bits per heavy atom. The van der Waals surface area contributed by atoms with Gasteiger partial charge in [-0.15, -0.1) is 0 Å². The summed E-state index contributed by atoms with van der Waals surface area (Å²) in [4.78, 5) is 11.1. The lowest BCUT2D eigenvalue weighted by Crippen LogP contribution is -2.15. The van der Waals surface area contributed by atoms with E-state index in [1.165, 1.54) is 0 Å². The Balaban J connectivity index is 4.24. The van der Waals surface area contributed by atoms with Crippen LogP contribution in [0.4, 0.5) is 0 Å². The van der Waals surface area contributed by atoms with Crippen LogP contribution in [-0.4, -0.2) is 5.78 Å². The fraction of sp³-hybridized carbons (Fsp3) is 0.667. The third kappa shape index (κ3) is 2.34. The van der Waals surface area contributed by atoms with E-state index in [-0.39, 0.29) is 11.2 Å². The summed E-state index contributed by atoms with van der Waals surface area (Å²) in [6.45, 7) is 11.6. The molecule has 0 aliphatic rings. The minimum absolute atomic E-state index is 0.0624. The summed E-state index contributed by atoms with van der Waals surface area (Å²) in [5.74, 6) is 0.174. The maximum Gasteiger partial charge on any atom is 0.158 e. The minimum Gasteiger partial charge on any atom is -0.295 e. The van der Waals surface area contributed by atoms with Crippen molar-refractivity contribution in [1.29, 1.82) is 0 Å².